The Hall–Kier alpha value is -5.60. The number of aryl methyl sites for hydroxylation is 1. The van der Waals surface area contributed by atoms with E-state index in [9.17, 15) is 41.8 Å². The number of alkyl halides is 3. The molecule has 5 N–H and O–H groups in total. The molecule has 0 radical (unpaired) electrons. The van der Waals surface area contributed by atoms with Gasteiger partial charge in [-0.15, -0.1) is 0 Å². The molecule has 0 spiro atoms. The summed E-state index contributed by atoms with van der Waals surface area (Å²) in [5, 5.41) is 19.0. The molecule has 2 aliphatic rings. The van der Waals surface area contributed by atoms with Gasteiger partial charge < -0.3 is 35.7 Å². The fourth-order valence-electron chi connectivity index (χ4n) is 8.16. The SMILES string of the molecule is CCC(C)[C@H](NC(=O)Cc1ccccc1F)C(=O)N[C@]12CCc3[nH]c4c(C(F)(F)F)cccc4c3C1N([C@H](C(=O)NCc1ccc(OC)c(O)c1)C(C)CC)C2=O. The first kappa shape index (κ1) is 41.0. The van der Waals surface area contributed by atoms with Gasteiger partial charge in [0.2, 0.25) is 17.7 Å². The Morgan fingerprint density at radius 2 is 1.74 bits per heavy atom. The van der Waals surface area contributed by atoms with E-state index < -0.39 is 76.7 Å². The number of aromatic amines is 1. The molecule has 1 aliphatic carbocycles. The molecular formula is C42H47F4N5O6. The highest BCUT2D eigenvalue weighted by atomic mass is 19.4. The largest absolute Gasteiger partial charge is 0.504 e. The number of fused-ring (bicyclic) bond motifs is 5. The summed E-state index contributed by atoms with van der Waals surface area (Å²) in [4.78, 5) is 61.0. The van der Waals surface area contributed by atoms with Crippen molar-refractivity contribution >= 4 is 34.5 Å². The minimum Gasteiger partial charge on any atom is -0.504 e. The normalized spacial score (nSPS) is 19.7. The molecule has 6 atom stereocenters. The van der Waals surface area contributed by atoms with Gasteiger partial charge in [0, 0.05) is 23.2 Å². The number of β-lactam (4-membered cyclic amide) rings is 1. The summed E-state index contributed by atoms with van der Waals surface area (Å²) in [6.45, 7) is 7.19. The molecule has 1 fully saturated rings. The number of para-hydroxylation sites is 1. The number of carbonyl (C=O) groups is 4. The van der Waals surface area contributed by atoms with Gasteiger partial charge in [0.15, 0.2) is 11.5 Å². The molecule has 4 aromatic rings. The van der Waals surface area contributed by atoms with Crippen molar-refractivity contribution in [2.75, 3.05) is 7.11 Å². The standard InChI is InChI=1S/C42H47F4N5O6/c1-6-22(3)34(49-32(53)20-25-11-8-9-14-28(25)43)38(54)50-41-18-17-29-33(26-12-10-13-27(35(26)48-29)42(44,45)46)37(41)51(40(41)56)36(23(4)7-2)39(55)47-21-24-15-16-31(57-5)30(52)19-24/h8-16,19,22-23,34,36-37,48,52H,6-7,17-18,20-21H2,1-5H3,(H,47,55)(H,49,53)(H,50,54)/t22?,23?,34-,36-,37?,41+/m0/s1. The average Bonchev–Trinajstić information content (AvgIpc) is 3.56. The molecule has 15 heteroatoms. The van der Waals surface area contributed by atoms with Gasteiger partial charge in [-0.05, 0) is 60.1 Å². The topological polar surface area (TPSA) is 153 Å². The lowest BCUT2D eigenvalue weighted by Gasteiger charge is -2.61. The molecule has 11 nitrogen and oxygen atoms in total. The van der Waals surface area contributed by atoms with Crippen LogP contribution < -0.4 is 20.7 Å². The van der Waals surface area contributed by atoms with Crippen LogP contribution in [0.15, 0.2) is 60.7 Å². The second-order valence-electron chi connectivity index (χ2n) is 15.1. The summed E-state index contributed by atoms with van der Waals surface area (Å²) in [5.41, 5.74) is -1.24. The van der Waals surface area contributed by atoms with Gasteiger partial charge in [-0.2, -0.15) is 13.2 Å². The van der Waals surface area contributed by atoms with Crippen molar-refractivity contribution in [3.05, 3.63) is 94.4 Å². The summed E-state index contributed by atoms with van der Waals surface area (Å²) in [5.74, 6) is -3.77. The van der Waals surface area contributed by atoms with Crippen molar-refractivity contribution in [2.45, 2.75) is 96.2 Å². The van der Waals surface area contributed by atoms with E-state index in [0.29, 0.717) is 29.7 Å². The van der Waals surface area contributed by atoms with Crippen LogP contribution in [0, 0.1) is 17.7 Å². The third kappa shape index (κ3) is 7.63. The Morgan fingerprint density at radius 3 is 2.39 bits per heavy atom. The van der Waals surface area contributed by atoms with E-state index in [-0.39, 0.29) is 53.8 Å². The summed E-state index contributed by atoms with van der Waals surface area (Å²) in [6, 6.07) is 10.9. The molecule has 6 rings (SSSR count). The number of phenols is 1. The molecule has 4 amide bonds. The second kappa shape index (κ2) is 16.1. The van der Waals surface area contributed by atoms with Crippen LogP contribution in [0.25, 0.3) is 10.9 Å². The number of nitrogens with zero attached hydrogens (tertiary/aromatic N) is 1. The molecule has 3 unspecified atom stereocenters. The zero-order valence-electron chi connectivity index (χ0n) is 32.4. The van der Waals surface area contributed by atoms with Crippen molar-refractivity contribution in [2.24, 2.45) is 11.8 Å². The zero-order chi connectivity index (χ0) is 41.4. The Morgan fingerprint density at radius 1 is 1.02 bits per heavy atom. The molecule has 1 aliphatic heterocycles. The third-order valence-electron chi connectivity index (χ3n) is 11.6. The number of methoxy groups -OCH3 is 1. The number of benzene rings is 3. The summed E-state index contributed by atoms with van der Waals surface area (Å²) in [7, 11) is 1.41. The van der Waals surface area contributed by atoms with E-state index >= 15 is 0 Å². The quantitative estimate of drug-likeness (QED) is 0.0755. The maximum absolute atomic E-state index is 14.8. The minimum absolute atomic E-state index is 0.00369. The third-order valence-corrected chi connectivity index (χ3v) is 11.6. The van der Waals surface area contributed by atoms with Gasteiger partial charge in [0.25, 0.3) is 5.91 Å². The lowest BCUT2D eigenvalue weighted by atomic mass is 9.65. The average molecular weight is 794 g/mol. The number of hydrogen-bond acceptors (Lipinski definition) is 6. The molecule has 3 aromatic carbocycles. The molecule has 304 valence electrons. The Balaban J connectivity index is 1.39. The zero-order valence-corrected chi connectivity index (χ0v) is 32.4. The van der Waals surface area contributed by atoms with Gasteiger partial charge >= 0.3 is 6.18 Å². The maximum atomic E-state index is 14.8. The van der Waals surface area contributed by atoms with Gasteiger partial charge in [0.1, 0.15) is 23.4 Å². The number of likely N-dealkylation sites (tertiary alicyclic amines) is 1. The predicted octanol–water partition coefficient (Wildman–Crippen LogP) is 6.23. The Kier molecular flexibility index (Phi) is 11.6. The van der Waals surface area contributed by atoms with E-state index in [1.165, 1.54) is 48.4 Å². The number of rotatable bonds is 14. The number of aromatic hydroxyl groups is 1. The number of halogens is 4. The number of H-pyrrole nitrogens is 1. The van der Waals surface area contributed by atoms with Crippen LogP contribution in [0.2, 0.25) is 0 Å². The Bertz CT molecular complexity index is 2190. The van der Waals surface area contributed by atoms with Gasteiger partial charge in [-0.3, -0.25) is 19.2 Å². The number of aromatic nitrogens is 1. The minimum atomic E-state index is -4.70. The van der Waals surface area contributed by atoms with Crippen LogP contribution >= 0.6 is 0 Å². The first-order chi connectivity index (χ1) is 27.1. The molecule has 0 bridgehead atoms. The summed E-state index contributed by atoms with van der Waals surface area (Å²) in [6.07, 6.45) is -4.05. The predicted molar refractivity (Wildman–Crippen MR) is 203 cm³/mol. The molecule has 1 aromatic heterocycles. The van der Waals surface area contributed by atoms with Crippen LogP contribution in [0.1, 0.15) is 80.9 Å². The number of hydrogen-bond donors (Lipinski definition) is 5. The van der Waals surface area contributed by atoms with E-state index in [1.807, 2.05) is 13.8 Å². The highest BCUT2D eigenvalue weighted by molar-refractivity contribution is 6.05. The number of nitrogens with one attached hydrogen (secondary N) is 4. The van der Waals surface area contributed by atoms with Crippen molar-refractivity contribution in [1.82, 2.24) is 25.8 Å². The maximum Gasteiger partial charge on any atom is 0.418 e. The van der Waals surface area contributed by atoms with Crippen molar-refractivity contribution in [3.63, 3.8) is 0 Å². The second-order valence-corrected chi connectivity index (χ2v) is 15.1. The van der Waals surface area contributed by atoms with Crippen molar-refractivity contribution in [3.8, 4) is 11.5 Å². The van der Waals surface area contributed by atoms with Gasteiger partial charge in [0.05, 0.1) is 30.7 Å². The smallest absolute Gasteiger partial charge is 0.418 e. The molecule has 2 heterocycles. The highest BCUT2D eigenvalue weighted by Gasteiger charge is 2.67. The lowest BCUT2D eigenvalue weighted by molar-refractivity contribution is -0.179. The number of carbonyl (C=O) groups excluding carboxylic acids is 4. The number of amides is 4. The molecule has 1 saturated heterocycles. The van der Waals surface area contributed by atoms with E-state index in [4.69, 9.17) is 4.74 Å². The van der Waals surface area contributed by atoms with Crippen LogP contribution in [0.4, 0.5) is 17.6 Å². The van der Waals surface area contributed by atoms with Crippen LogP contribution in [0.5, 0.6) is 11.5 Å². The van der Waals surface area contributed by atoms with Gasteiger partial charge in [-0.25, -0.2) is 4.39 Å². The monoisotopic (exact) mass is 793 g/mol. The lowest BCUT2D eigenvalue weighted by Crippen LogP contribution is -2.80. The first-order valence-electron chi connectivity index (χ1n) is 19.1. The van der Waals surface area contributed by atoms with Gasteiger partial charge in [-0.1, -0.05) is 76.9 Å². The molecule has 0 saturated carbocycles. The number of phenolic OH excluding ortho intramolecular Hbond substituents is 1. The number of ether oxygens (including phenoxy) is 1. The van der Waals surface area contributed by atoms with Crippen LogP contribution in [-0.4, -0.2) is 63.4 Å². The first-order valence-corrected chi connectivity index (χ1v) is 19.1. The van der Waals surface area contributed by atoms with E-state index in [1.54, 1.807) is 32.0 Å². The van der Waals surface area contributed by atoms with Crippen LogP contribution in [0.3, 0.4) is 0 Å². The summed E-state index contributed by atoms with van der Waals surface area (Å²) < 4.78 is 62.5. The Labute approximate surface area is 327 Å². The molecular weight excluding hydrogens is 746 g/mol. The fourth-order valence-corrected chi connectivity index (χ4v) is 8.16. The highest BCUT2D eigenvalue weighted by Crippen LogP contribution is 2.55. The van der Waals surface area contributed by atoms with Crippen LogP contribution in [-0.2, 0) is 44.7 Å². The van der Waals surface area contributed by atoms with Crippen molar-refractivity contribution < 1.29 is 46.6 Å². The molecule has 57 heavy (non-hydrogen) atoms. The summed E-state index contributed by atoms with van der Waals surface area (Å²) >= 11 is 0. The van der Waals surface area contributed by atoms with Crippen molar-refractivity contribution in [1.29, 1.82) is 0 Å². The van der Waals surface area contributed by atoms with E-state index in [2.05, 4.69) is 20.9 Å². The van der Waals surface area contributed by atoms with E-state index in [0.717, 1.165) is 6.07 Å². The fraction of sp³-hybridized carbons (Fsp3) is 0.429.